The van der Waals surface area contributed by atoms with Gasteiger partial charge < -0.3 is 5.32 Å². The summed E-state index contributed by atoms with van der Waals surface area (Å²) in [5.74, 6) is 0.955. The Bertz CT molecular complexity index is 346. The van der Waals surface area contributed by atoms with Gasteiger partial charge in [0.25, 0.3) is 0 Å². The van der Waals surface area contributed by atoms with Crippen LogP contribution in [0.25, 0.3) is 0 Å². The first-order valence-corrected chi connectivity index (χ1v) is 7.36. The zero-order chi connectivity index (χ0) is 12.5. The Hall–Kier alpha value is -0.440. The second-order valence-electron chi connectivity index (χ2n) is 4.06. The van der Waals surface area contributed by atoms with Crippen LogP contribution >= 0.6 is 23.4 Å². The van der Waals surface area contributed by atoms with Crippen molar-refractivity contribution in [3.63, 3.8) is 0 Å². The standard InChI is InChI=1S/C14H20ClNS/c1-3-8-16-10-13-4-6-14(7-5-13)17-11-12(2)9-15/h4-7,9,16H,3,8,10-11H2,1-2H3/b12-9+. The van der Waals surface area contributed by atoms with Gasteiger partial charge in [0.15, 0.2) is 0 Å². The molecule has 1 nitrogen and oxygen atoms in total. The maximum Gasteiger partial charge on any atom is 0.0205 e. The summed E-state index contributed by atoms with van der Waals surface area (Å²) < 4.78 is 0. The Morgan fingerprint density at radius 3 is 2.65 bits per heavy atom. The molecule has 0 amide bonds. The Kier molecular flexibility index (Phi) is 7.41. The van der Waals surface area contributed by atoms with Gasteiger partial charge in [-0.15, -0.1) is 11.8 Å². The van der Waals surface area contributed by atoms with Gasteiger partial charge >= 0.3 is 0 Å². The number of hydrogen-bond donors (Lipinski definition) is 1. The minimum atomic E-state index is 0.955. The van der Waals surface area contributed by atoms with Crippen molar-refractivity contribution in [1.29, 1.82) is 0 Å². The normalized spacial score (nSPS) is 11.8. The minimum Gasteiger partial charge on any atom is -0.313 e. The molecule has 1 rings (SSSR count). The van der Waals surface area contributed by atoms with Crippen LogP contribution in [0, 0.1) is 0 Å². The third-order valence-electron chi connectivity index (χ3n) is 2.33. The lowest BCUT2D eigenvalue weighted by Crippen LogP contribution is -2.13. The number of hydrogen-bond acceptors (Lipinski definition) is 2. The molecule has 0 bridgehead atoms. The molecule has 1 aromatic carbocycles. The molecule has 0 aliphatic carbocycles. The zero-order valence-corrected chi connectivity index (χ0v) is 12.1. The molecular weight excluding hydrogens is 250 g/mol. The molecule has 0 spiro atoms. The molecule has 0 heterocycles. The van der Waals surface area contributed by atoms with Gasteiger partial charge in [-0.1, -0.05) is 36.2 Å². The van der Waals surface area contributed by atoms with Gasteiger partial charge in [-0.05, 0) is 37.6 Å². The van der Waals surface area contributed by atoms with E-state index in [1.807, 2.05) is 18.7 Å². The first kappa shape index (κ1) is 14.6. The fourth-order valence-corrected chi connectivity index (χ4v) is 2.32. The largest absolute Gasteiger partial charge is 0.313 e. The van der Waals surface area contributed by atoms with Crippen LogP contribution in [-0.4, -0.2) is 12.3 Å². The lowest BCUT2D eigenvalue weighted by Gasteiger charge is -2.05. The maximum atomic E-state index is 5.63. The average molecular weight is 270 g/mol. The van der Waals surface area contributed by atoms with Gasteiger partial charge in [0.1, 0.15) is 0 Å². The monoisotopic (exact) mass is 269 g/mol. The fraction of sp³-hybridized carbons (Fsp3) is 0.429. The van der Waals surface area contributed by atoms with Crippen molar-refractivity contribution >= 4 is 23.4 Å². The van der Waals surface area contributed by atoms with Crippen LogP contribution in [-0.2, 0) is 6.54 Å². The first-order chi connectivity index (χ1) is 8.26. The Morgan fingerprint density at radius 2 is 2.06 bits per heavy atom. The molecule has 0 aromatic heterocycles. The third-order valence-corrected chi connectivity index (χ3v) is 3.91. The number of rotatable bonds is 7. The second kappa shape index (κ2) is 8.62. The summed E-state index contributed by atoms with van der Waals surface area (Å²) in [6.45, 7) is 6.26. The molecule has 0 aliphatic heterocycles. The molecule has 17 heavy (non-hydrogen) atoms. The smallest absolute Gasteiger partial charge is 0.0205 e. The summed E-state index contributed by atoms with van der Waals surface area (Å²) in [5.41, 5.74) is 4.19. The molecule has 0 saturated carbocycles. The van der Waals surface area contributed by atoms with E-state index in [2.05, 4.69) is 36.5 Å². The average Bonchev–Trinajstić information content (AvgIpc) is 2.37. The van der Waals surface area contributed by atoms with Crippen LogP contribution in [0.3, 0.4) is 0 Å². The Labute approximate surface area is 114 Å². The highest BCUT2D eigenvalue weighted by Gasteiger charge is 1.96. The van der Waals surface area contributed by atoms with E-state index in [0.717, 1.165) is 18.8 Å². The van der Waals surface area contributed by atoms with Crippen LogP contribution in [0.2, 0.25) is 0 Å². The molecule has 1 aromatic rings. The molecule has 0 unspecified atom stereocenters. The molecule has 94 valence electrons. The summed E-state index contributed by atoms with van der Waals surface area (Å²) in [6.07, 6.45) is 1.18. The molecule has 1 N–H and O–H groups in total. The van der Waals surface area contributed by atoms with Crippen molar-refractivity contribution in [1.82, 2.24) is 5.32 Å². The van der Waals surface area contributed by atoms with Gasteiger partial charge in [-0.25, -0.2) is 0 Å². The predicted octanol–water partition coefficient (Wildman–Crippen LogP) is 4.42. The first-order valence-electron chi connectivity index (χ1n) is 5.94. The minimum absolute atomic E-state index is 0.955. The highest BCUT2D eigenvalue weighted by molar-refractivity contribution is 7.99. The summed E-state index contributed by atoms with van der Waals surface area (Å²) in [5, 5.41) is 3.40. The number of nitrogens with one attached hydrogen (secondary N) is 1. The van der Waals surface area contributed by atoms with Crippen molar-refractivity contribution in [2.75, 3.05) is 12.3 Å². The van der Waals surface area contributed by atoms with E-state index in [4.69, 9.17) is 11.6 Å². The van der Waals surface area contributed by atoms with Crippen molar-refractivity contribution in [3.05, 3.63) is 40.9 Å². The number of halogens is 1. The van der Waals surface area contributed by atoms with Crippen molar-refractivity contribution in [2.24, 2.45) is 0 Å². The Morgan fingerprint density at radius 1 is 1.35 bits per heavy atom. The van der Waals surface area contributed by atoms with Crippen molar-refractivity contribution in [2.45, 2.75) is 31.7 Å². The summed E-state index contributed by atoms with van der Waals surface area (Å²) >= 11 is 7.45. The maximum absolute atomic E-state index is 5.63. The van der Waals surface area contributed by atoms with Crippen LogP contribution in [0.5, 0.6) is 0 Å². The van der Waals surface area contributed by atoms with E-state index in [-0.39, 0.29) is 0 Å². The summed E-state index contributed by atoms with van der Waals surface area (Å²) in [4.78, 5) is 1.29. The van der Waals surface area contributed by atoms with E-state index >= 15 is 0 Å². The molecule has 3 heteroatoms. The molecular formula is C14H20ClNS. The van der Waals surface area contributed by atoms with E-state index in [0.29, 0.717) is 0 Å². The summed E-state index contributed by atoms with van der Waals surface area (Å²) in [6, 6.07) is 8.72. The van der Waals surface area contributed by atoms with Crippen molar-refractivity contribution in [3.8, 4) is 0 Å². The summed E-state index contributed by atoms with van der Waals surface area (Å²) in [7, 11) is 0. The van der Waals surface area contributed by atoms with Crippen LogP contribution in [0.1, 0.15) is 25.8 Å². The lowest BCUT2D eigenvalue weighted by molar-refractivity contribution is 0.675. The highest BCUT2D eigenvalue weighted by atomic mass is 35.5. The van der Waals surface area contributed by atoms with Gasteiger partial charge in [-0.3, -0.25) is 0 Å². The molecule has 0 fully saturated rings. The van der Waals surface area contributed by atoms with E-state index < -0.39 is 0 Å². The van der Waals surface area contributed by atoms with E-state index in [1.54, 1.807) is 5.54 Å². The van der Waals surface area contributed by atoms with E-state index in [1.165, 1.54) is 22.5 Å². The van der Waals surface area contributed by atoms with Gasteiger partial charge in [0.05, 0.1) is 0 Å². The van der Waals surface area contributed by atoms with Gasteiger partial charge in [-0.2, -0.15) is 0 Å². The van der Waals surface area contributed by atoms with Crippen LogP contribution in [0.15, 0.2) is 40.3 Å². The van der Waals surface area contributed by atoms with Crippen LogP contribution in [0.4, 0.5) is 0 Å². The van der Waals surface area contributed by atoms with Gasteiger partial charge in [0.2, 0.25) is 0 Å². The molecule has 0 radical (unpaired) electrons. The quantitative estimate of drug-likeness (QED) is 0.581. The number of thioether (sulfide) groups is 1. The third kappa shape index (κ3) is 6.16. The second-order valence-corrected chi connectivity index (χ2v) is 5.33. The molecule has 0 saturated heterocycles. The molecule has 0 atom stereocenters. The highest BCUT2D eigenvalue weighted by Crippen LogP contribution is 2.21. The number of benzene rings is 1. The van der Waals surface area contributed by atoms with Crippen molar-refractivity contribution < 1.29 is 0 Å². The lowest BCUT2D eigenvalue weighted by atomic mass is 10.2. The topological polar surface area (TPSA) is 12.0 Å². The van der Waals surface area contributed by atoms with Crippen LogP contribution < -0.4 is 5.32 Å². The SMILES string of the molecule is CCCNCc1ccc(SC/C(C)=C/Cl)cc1. The van der Waals surface area contributed by atoms with Gasteiger partial charge in [0, 0.05) is 22.7 Å². The molecule has 0 aliphatic rings. The Balaban J connectivity index is 2.39. The fourth-order valence-electron chi connectivity index (χ4n) is 1.34. The zero-order valence-electron chi connectivity index (χ0n) is 10.5. The van der Waals surface area contributed by atoms with E-state index in [9.17, 15) is 0 Å². The predicted molar refractivity (Wildman–Crippen MR) is 78.8 cm³/mol.